The van der Waals surface area contributed by atoms with Crippen LogP contribution >= 0.6 is 0 Å². The van der Waals surface area contributed by atoms with Crippen LogP contribution in [0.1, 0.15) is 42.1 Å². The number of hydrogen-bond acceptors (Lipinski definition) is 2. The molecule has 2 aromatic carbocycles. The van der Waals surface area contributed by atoms with Gasteiger partial charge in [-0.15, -0.1) is 0 Å². The van der Waals surface area contributed by atoms with Crippen molar-refractivity contribution in [2.75, 3.05) is 13.1 Å². The lowest BCUT2D eigenvalue weighted by molar-refractivity contribution is -0.128. The van der Waals surface area contributed by atoms with E-state index in [9.17, 15) is 9.59 Å². The number of para-hydroxylation sites is 1. The first-order valence-electron chi connectivity index (χ1n) is 10.6. The second-order valence-electron chi connectivity index (χ2n) is 7.62. The molecule has 5 heteroatoms. The fourth-order valence-electron chi connectivity index (χ4n) is 4.01. The van der Waals surface area contributed by atoms with Crippen LogP contribution in [-0.4, -0.2) is 34.4 Å². The first kappa shape index (κ1) is 20.0. The van der Waals surface area contributed by atoms with Crippen molar-refractivity contribution < 1.29 is 9.59 Å². The third-order valence-electron chi connectivity index (χ3n) is 5.62. The van der Waals surface area contributed by atoms with E-state index in [0.717, 1.165) is 55.4 Å². The highest BCUT2D eigenvalue weighted by molar-refractivity contribution is 6.06. The molecule has 0 atom stereocenters. The minimum absolute atomic E-state index is 0.118. The second kappa shape index (κ2) is 8.99. The number of carbonyl (C=O) groups is 2. The zero-order valence-corrected chi connectivity index (χ0v) is 17.3. The lowest BCUT2D eigenvalue weighted by Gasteiger charge is -2.27. The van der Waals surface area contributed by atoms with Gasteiger partial charge in [0.25, 0.3) is 11.8 Å². The number of rotatable bonds is 5. The normalized spacial score (nSPS) is 14.7. The maximum atomic E-state index is 13.3. The molecule has 1 N–H and O–H groups in total. The number of likely N-dealkylation sites (tertiary alicyclic amines) is 1. The maximum Gasteiger partial charge on any atom is 0.270 e. The molecule has 4 rings (SSSR count). The standard InChI is InChI=1S/C25H27N3O2/c1-2-27-18-20(21-13-7-8-14-23(21)27)17-22(25(30)28-15-9-4-10-16-28)26-24(29)19-11-5-3-6-12-19/h3,5-8,11-14,17-18H,2,4,9-10,15-16H2,1H3,(H,26,29). The summed E-state index contributed by atoms with van der Waals surface area (Å²) in [7, 11) is 0. The van der Waals surface area contributed by atoms with Crippen LogP contribution in [0.25, 0.3) is 17.0 Å². The Morgan fingerprint density at radius 1 is 0.967 bits per heavy atom. The summed E-state index contributed by atoms with van der Waals surface area (Å²) in [5, 5.41) is 3.96. The van der Waals surface area contributed by atoms with Crippen LogP contribution in [0, 0.1) is 0 Å². The van der Waals surface area contributed by atoms with E-state index in [1.54, 1.807) is 12.1 Å². The molecule has 1 saturated heterocycles. The number of nitrogens with zero attached hydrogens (tertiary/aromatic N) is 2. The topological polar surface area (TPSA) is 54.3 Å². The average Bonchev–Trinajstić information content (AvgIpc) is 3.17. The first-order valence-corrected chi connectivity index (χ1v) is 10.6. The van der Waals surface area contributed by atoms with Crippen LogP contribution in [0.2, 0.25) is 0 Å². The molecular weight excluding hydrogens is 374 g/mol. The zero-order chi connectivity index (χ0) is 20.9. The summed E-state index contributed by atoms with van der Waals surface area (Å²) in [5.74, 6) is -0.390. The Labute approximate surface area is 177 Å². The number of aromatic nitrogens is 1. The Hall–Kier alpha value is -3.34. The van der Waals surface area contributed by atoms with Crippen molar-refractivity contribution in [1.82, 2.24) is 14.8 Å². The largest absolute Gasteiger partial charge is 0.347 e. The smallest absolute Gasteiger partial charge is 0.270 e. The quantitative estimate of drug-likeness (QED) is 0.643. The zero-order valence-electron chi connectivity index (χ0n) is 17.3. The number of benzene rings is 2. The summed E-state index contributed by atoms with van der Waals surface area (Å²) in [4.78, 5) is 28.0. The van der Waals surface area contributed by atoms with Gasteiger partial charge in [0.1, 0.15) is 5.70 Å². The van der Waals surface area contributed by atoms with Crippen molar-refractivity contribution in [3.63, 3.8) is 0 Å². The Morgan fingerprint density at radius 3 is 2.40 bits per heavy atom. The van der Waals surface area contributed by atoms with Crippen LogP contribution in [0.15, 0.2) is 66.5 Å². The van der Waals surface area contributed by atoms with Crippen molar-refractivity contribution >= 4 is 28.8 Å². The average molecular weight is 402 g/mol. The Balaban J connectivity index is 1.73. The van der Waals surface area contributed by atoms with Crippen LogP contribution in [0.5, 0.6) is 0 Å². The molecule has 1 aromatic heterocycles. The molecule has 30 heavy (non-hydrogen) atoms. The fraction of sp³-hybridized carbons (Fsp3) is 0.280. The van der Waals surface area contributed by atoms with E-state index in [1.807, 2.05) is 47.5 Å². The highest BCUT2D eigenvalue weighted by Gasteiger charge is 2.23. The molecule has 154 valence electrons. The van der Waals surface area contributed by atoms with Gasteiger partial charge in [-0.1, -0.05) is 36.4 Å². The number of nitrogens with one attached hydrogen (secondary N) is 1. The van der Waals surface area contributed by atoms with E-state index in [0.29, 0.717) is 11.3 Å². The molecule has 0 saturated carbocycles. The van der Waals surface area contributed by atoms with Gasteiger partial charge in [-0.3, -0.25) is 9.59 Å². The third kappa shape index (κ3) is 4.15. The maximum absolute atomic E-state index is 13.3. The molecule has 0 radical (unpaired) electrons. The number of fused-ring (bicyclic) bond motifs is 1. The van der Waals surface area contributed by atoms with Crippen molar-refractivity contribution in [3.8, 4) is 0 Å². The fourth-order valence-corrected chi connectivity index (χ4v) is 4.01. The molecule has 2 amide bonds. The molecule has 0 unspecified atom stereocenters. The molecule has 1 aliphatic heterocycles. The van der Waals surface area contributed by atoms with Crippen LogP contribution < -0.4 is 5.32 Å². The number of amides is 2. The summed E-state index contributed by atoms with van der Waals surface area (Å²) in [6.45, 7) is 4.39. The minimum atomic E-state index is -0.272. The molecule has 3 aromatic rings. The van der Waals surface area contributed by atoms with Crippen LogP contribution in [-0.2, 0) is 11.3 Å². The lowest BCUT2D eigenvalue weighted by Crippen LogP contribution is -2.41. The predicted octanol–water partition coefficient (Wildman–Crippen LogP) is 4.44. The molecule has 5 nitrogen and oxygen atoms in total. The second-order valence-corrected chi connectivity index (χ2v) is 7.62. The van der Waals surface area contributed by atoms with E-state index >= 15 is 0 Å². The predicted molar refractivity (Wildman–Crippen MR) is 120 cm³/mol. The molecule has 0 bridgehead atoms. The van der Waals surface area contributed by atoms with Gasteiger partial charge < -0.3 is 14.8 Å². The van der Waals surface area contributed by atoms with Crippen molar-refractivity contribution in [1.29, 1.82) is 0 Å². The summed E-state index contributed by atoms with van der Waals surface area (Å²) in [6.07, 6.45) is 7.01. The monoisotopic (exact) mass is 401 g/mol. The van der Waals surface area contributed by atoms with Gasteiger partial charge in [0.05, 0.1) is 0 Å². The molecule has 0 spiro atoms. The van der Waals surface area contributed by atoms with Crippen LogP contribution in [0.4, 0.5) is 0 Å². The van der Waals surface area contributed by atoms with Crippen molar-refractivity contribution in [2.24, 2.45) is 0 Å². The summed E-state index contributed by atoms with van der Waals surface area (Å²) >= 11 is 0. The van der Waals surface area contributed by atoms with Gasteiger partial charge in [-0.2, -0.15) is 0 Å². The van der Waals surface area contributed by atoms with Gasteiger partial charge in [0, 0.05) is 47.9 Å². The molecule has 1 fully saturated rings. The van der Waals surface area contributed by atoms with Gasteiger partial charge in [0.2, 0.25) is 0 Å². The Kier molecular flexibility index (Phi) is 5.98. The number of hydrogen-bond donors (Lipinski definition) is 1. The SMILES string of the molecule is CCn1cc(C=C(NC(=O)c2ccccc2)C(=O)N2CCCCC2)c2ccccc21. The molecule has 1 aliphatic rings. The van der Waals surface area contributed by atoms with E-state index < -0.39 is 0 Å². The highest BCUT2D eigenvalue weighted by atomic mass is 16.2. The summed E-state index contributed by atoms with van der Waals surface area (Å²) in [6, 6.07) is 17.1. The summed E-state index contributed by atoms with van der Waals surface area (Å²) in [5.41, 5.74) is 2.90. The highest BCUT2D eigenvalue weighted by Crippen LogP contribution is 2.24. The van der Waals surface area contributed by atoms with Gasteiger partial charge in [-0.05, 0) is 50.5 Å². The van der Waals surface area contributed by atoms with E-state index in [-0.39, 0.29) is 11.8 Å². The van der Waals surface area contributed by atoms with E-state index in [1.165, 1.54) is 0 Å². The van der Waals surface area contributed by atoms with Gasteiger partial charge in [0.15, 0.2) is 0 Å². The number of aryl methyl sites for hydroxylation is 1. The van der Waals surface area contributed by atoms with E-state index in [4.69, 9.17) is 0 Å². The van der Waals surface area contributed by atoms with Gasteiger partial charge >= 0.3 is 0 Å². The first-order chi connectivity index (χ1) is 14.7. The molecule has 0 aliphatic carbocycles. The lowest BCUT2D eigenvalue weighted by atomic mass is 10.1. The number of piperidine rings is 1. The van der Waals surface area contributed by atoms with Gasteiger partial charge in [-0.25, -0.2) is 0 Å². The Morgan fingerprint density at radius 2 is 1.67 bits per heavy atom. The van der Waals surface area contributed by atoms with Crippen molar-refractivity contribution in [3.05, 3.63) is 77.6 Å². The molecule has 2 heterocycles. The minimum Gasteiger partial charge on any atom is -0.347 e. The summed E-state index contributed by atoms with van der Waals surface area (Å²) < 4.78 is 2.16. The third-order valence-corrected chi connectivity index (χ3v) is 5.62. The van der Waals surface area contributed by atoms with E-state index in [2.05, 4.69) is 28.9 Å². The van der Waals surface area contributed by atoms with Crippen molar-refractivity contribution in [2.45, 2.75) is 32.7 Å². The van der Waals surface area contributed by atoms with Crippen LogP contribution in [0.3, 0.4) is 0 Å². The molecular formula is C25H27N3O2. The Bertz CT molecular complexity index is 1080. The number of carbonyl (C=O) groups excluding carboxylic acids is 2.